The number of rotatable bonds is 3. The van der Waals surface area contributed by atoms with E-state index in [1.807, 2.05) is 12.4 Å². The Morgan fingerprint density at radius 2 is 1.13 bits per heavy atom. The zero-order valence-corrected chi connectivity index (χ0v) is 28.0. The molecule has 0 saturated carbocycles. The van der Waals surface area contributed by atoms with Crippen molar-refractivity contribution in [2.24, 2.45) is 0 Å². The van der Waals surface area contributed by atoms with Gasteiger partial charge in [0.15, 0.2) is 0 Å². The smallest absolute Gasteiger partial charge is 0.0789 e. The Hall–Kier alpha value is -7.04. The van der Waals surface area contributed by atoms with Crippen molar-refractivity contribution in [2.75, 3.05) is 0 Å². The lowest BCUT2D eigenvalue weighted by Crippen LogP contribution is -1.97. The molecular formula is C48H28N4. The molecule has 4 nitrogen and oxygen atoms in total. The molecule has 11 aromatic rings. The first-order valence-corrected chi connectivity index (χ1v) is 17.7. The van der Waals surface area contributed by atoms with E-state index >= 15 is 0 Å². The molecular weight excluding hydrogens is 633 g/mol. The maximum absolute atomic E-state index is 5.14. The summed E-state index contributed by atoms with van der Waals surface area (Å²) in [4.78, 5) is 9.80. The van der Waals surface area contributed by atoms with Gasteiger partial charge in [-0.3, -0.25) is 9.97 Å². The summed E-state index contributed by atoms with van der Waals surface area (Å²) in [5.74, 6) is 0. The molecule has 4 heterocycles. The molecule has 7 aromatic carbocycles. The molecule has 0 aliphatic heterocycles. The minimum Gasteiger partial charge on any atom is -0.309 e. The highest BCUT2D eigenvalue weighted by atomic mass is 15.0. The van der Waals surface area contributed by atoms with E-state index in [9.17, 15) is 0 Å². The van der Waals surface area contributed by atoms with E-state index in [-0.39, 0.29) is 0 Å². The van der Waals surface area contributed by atoms with E-state index in [1.165, 1.54) is 76.6 Å². The van der Waals surface area contributed by atoms with Gasteiger partial charge in [-0.25, -0.2) is 0 Å². The first kappa shape index (κ1) is 27.7. The lowest BCUT2D eigenvalue weighted by atomic mass is 10.00. The maximum Gasteiger partial charge on any atom is 0.0789 e. The molecule has 4 heteroatoms. The van der Waals surface area contributed by atoms with Gasteiger partial charge < -0.3 is 9.13 Å². The van der Waals surface area contributed by atoms with Crippen molar-refractivity contribution in [3.05, 3.63) is 170 Å². The van der Waals surface area contributed by atoms with Crippen molar-refractivity contribution < 1.29 is 0 Å². The summed E-state index contributed by atoms with van der Waals surface area (Å²) in [5, 5.41) is 8.59. The van der Waals surface area contributed by atoms with Gasteiger partial charge in [-0.05, 0) is 82.7 Å². The lowest BCUT2D eigenvalue weighted by molar-refractivity contribution is 1.15. The van der Waals surface area contributed by atoms with Gasteiger partial charge in [0.25, 0.3) is 0 Å². The molecule has 4 aromatic heterocycles. The molecule has 52 heavy (non-hydrogen) atoms. The molecule has 0 N–H and O–H groups in total. The third-order valence-electron chi connectivity index (χ3n) is 11.1. The molecule has 0 bridgehead atoms. The number of aromatic nitrogens is 4. The highest BCUT2D eigenvalue weighted by Crippen LogP contribution is 2.47. The fourth-order valence-electron chi connectivity index (χ4n) is 8.86. The maximum atomic E-state index is 5.14. The number of hydrogen-bond acceptors (Lipinski definition) is 2. The standard InChI is InChI=1S/C48H28N4/c1-2-10-32(11-3-1)51-43-16-7-6-13-35(43)39-25-30(18-21-44(39)51)31-19-22-45-40(26-31)37-20-17-29-9-4-5-12-34(29)48(37)52(45)33-27-41-36-23-24-49-42-15-8-14-38(46(36)42)47(41)50-28-33/h1-28H. The van der Waals surface area contributed by atoms with E-state index in [1.54, 1.807) is 0 Å². The number of pyridine rings is 2. The van der Waals surface area contributed by atoms with E-state index in [0.29, 0.717) is 0 Å². The van der Waals surface area contributed by atoms with Gasteiger partial charge in [0.2, 0.25) is 0 Å². The summed E-state index contributed by atoms with van der Waals surface area (Å²) in [6.45, 7) is 0. The summed E-state index contributed by atoms with van der Waals surface area (Å²) < 4.78 is 4.79. The molecule has 1 aliphatic rings. The first-order chi connectivity index (χ1) is 25.8. The molecule has 0 saturated heterocycles. The van der Waals surface area contributed by atoms with Crippen molar-refractivity contribution in [3.63, 3.8) is 0 Å². The number of benzene rings is 7. The molecule has 0 radical (unpaired) electrons. The predicted octanol–water partition coefficient (Wildman–Crippen LogP) is 12.3. The number of hydrogen-bond donors (Lipinski definition) is 0. The van der Waals surface area contributed by atoms with Crippen LogP contribution in [-0.2, 0) is 0 Å². The van der Waals surface area contributed by atoms with Gasteiger partial charge in [0, 0.05) is 55.3 Å². The van der Waals surface area contributed by atoms with Gasteiger partial charge in [0.1, 0.15) is 0 Å². The van der Waals surface area contributed by atoms with Crippen LogP contribution in [0.25, 0.3) is 110 Å². The zero-order chi connectivity index (χ0) is 33.9. The summed E-state index contributed by atoms with van der Waals surface area (Å²) in [5.41, 5.74) is 14.9. The van der Waals surface area contributed by atoms with Crippen LogP contribution in [0.3, 0.4) is 0 Å². The van der Waals surface area contributed by atoms with Crippen LogP contribution >= 0.6 is 0 Å². The van der Waals surface area contributed by atoms with Crippen molar-refractivity contribution in [3.8, 4) is 44.9 Å². The van der Waals surface area contributed by atoms with Crippen LogP contribution < -0.4 is 0 Å². The fraction of sp³-hybridized carbons (Fsp3) is 0. The lowest BCUT2D eigenvalue weighted by Gasteiger charge is -2.12. The van der Waals surface area contributed by atoms with E-state index in [0.717, 1.165) is 33.5 Å². The molecule has 0 amide bonds. The second-order valence-corrected chi connectivity index (χ2v) is 13.8. The minimum atomic E-state index is 1.01. The summed E-state index contributed by atoms with van der Waals surface area (Å²) >= 11 is 0. The van der Waals surface area contributed by atoms with Crippen LogP contribution in [0.2, 0.25) is 0 Å². The number of para-hydroxylation sites is 2. The number of nitrogens with zero attached hydrogens (tertiary/aromatic N) is 4. The summed E-state index contributed by atoms with van der Waals surface area (Å²) in [7, 11) is 0. The summed E-state index contributed by atoms with van der Waals surface area (Å²) in [6.07, 6.45) is 3.96. The predicted molar refractivity (Wildman–Crippen MR) is 216 cm³/mol. The normalized spacial score (nSPS) is 12.2. The van der Waals surface area contributed by atoms with Crippen molar-refractivity contribution in [1.29, 1.82) is 0 Å². The largest absolute Gasteiger partial charge is 0.309 e. The molecule has 240 valence electrons. The Balaban J connectivity index is 1.09. The molecule has 1 aliphatic carbocycles. The Morgan fingerprint density at radius 1 is 0.404 bits per heavy atom. The van der Waals surface area contributed by atoms with Crippen LogP contribution in [0.5, 0.6) is 0 Å². The van der Waals surface area contributed by atoms with Crippen LogP contribution in [0.1, 0.15) is 0 Å². The quantitative estimate of drug-likeness (QED) is 0.189. The average molecular weight is 661 g/mol. The highest BCUT2D eigenvalue weighted by molar-refractivity contribution is 6.20. The van der Waals surface area contributed by atoms with Gasteiger partial charge >= 0.3 is 0 Å². The van der Waals surface area contributed by atoms with Gasteiger partial charge in [-0.2, -0.15) is 0 Å². The molecule has 0 fully saturated rings. The third kappa shape index (κ3) is 3.70. The van der Waals surface area contributed by atoms with Crippen LogP contribution in [-0.4, -0.2) is 19.1 Å². The van der Waals surface area contributed by atoms with Gasteiger partial charge in [0.05, 0.1) is 45.2 Å². The van der Waals surface area contributed by atoms with Crippen LogP contribution in [0.15, 0.2) is 170 Å². The number of fused-ring (bicyclic) bond motifs is 11. The van der Waals surface area contributed by atoms with Crippen molar-refractivity contribution in [1.82, 2.24) is 19.1 Å². The summed E-state index contributed by atoms with van der Waals surface area (Å²) in [6, 6.07) is 57.3. The SMILES string of the molecule is c1ccc(-n2c3ccccc3c3cc(-c4ccc5c(c4)c4ccc6ccccc6c4n5-c4cnc5c(c4)-c4ccnc6cccc-5c46)ccc32)cc1. The van der Waals surface area contributed by atoms with Crippen LogP contribution in [0, 0.1) is 0 Å². The Labute approximate surface area is 298 Å². The van der Waals surface area contributed by atoms with Gasteiger partial charge in [-0.15, -0.1) is 0 Å². The zero-order valence-electron chi connectivity index (χ0n) is 28.0. The second kappa shape index (κ2) is 10.3. The van der Waals surface area contributed by atoms with E-state index in [2.05, 4.69) is 172 Å². The van der Waals surface area contributed by atoms with E-state index < -0.39 is 0 Å². The average Bonchev–Trinajstić information content (AvgIpc) is 3.84. The molecule has 0 atom stereocenters. The van der Waals surface area contributed by atoms with Crippen molar-refractivity contribution >= 4 is 65.3 Å². The Bertz CT molecular complexity index is 3290. The molecule has 12 rings (SSSR count). The fourth-order valence-corrected chi connectivity index (χ4v) is 8.86. The van der Waals surface area contributed by atoms with Crippen molar-refractivity contribution in [2.45, 2.75) is 0 Å². The topological polar surface area (TPSA) is 35.6 Å². The molecule has 0 unspecified atom stereocenters. The molecule has 0 spiro atoms. The van der Waals surface area contributed by atoms with Gasteiger partial charge in [-0.1, -0.05) is 97.1 Å². The second-order valence-electron chi connectivity index (χ2n) is 13.8. The van der Waals surface area contributed by atoms with E-state index in [4.69, 9.17) is 4.98 Å². The monoisotopic (exact) mass is 660 g/mol. The van der Waals surface area contributed by atoms with Crippen LogP contribution in [0.4, 0.5) is 0 Å². The Kier molecular flexibility index (Phi) is 5.47. The third-order valence-corrected chi connectivity index (χ3v) is 11.1. The first-order valence-electron chi connectivity index (χ1n) is 17.7. The minimum absolute atomic E-state index is 1.01. The highest BCUT2D eigenvalue weighted by Gasteiger charge is 2.25. The Morgan fingerprint density at radius 3 is 2.00 bits per heavy atom.